The number of ether oxygens (including phenoxy) is 2. The highest BCUT2D eigenvalue weighted by Gasteiger charge is 2.09. The fourth-order valence-corrected chi connectivity index (χ4v) is 1.82. The Morgan fingerprint density at radius 3 is 2.72 bits per heavy atom. The van der Waals surface area contributed by atoms with Crippen molar-refractivity contribution in [2.75, 3.05) is 26.9 Å². The molecule has 102 valence electrons. The first-order chi connectivity index (χ1) is 8.67. The van der Waals surface area contributed by atoms with Gasteiger partial charge in [-0.1, -0.05) is 23.8 Å². The second-order valence-corrected chi connectivity index (χ2v) is 4.57. The highest BCUT2D eigenvalue weighted by Crippen LogP contribution is 2.12. The quantitative estimate of drug-likeness (QED) is 0.416. The van der Waals surface area contributed by atoms with Gasteiger partial charge in [-0.25, -0.2) is 0 Å². The summed E-state index contributed by atoms with van der Waals surface area (Å²) >= 11 is 0. The highest BCUT2D eigenvalue weighted by molar-refractivity contribution is 5.31. The van der Waals surface area contributed by atoms with Gasteiger partial charge in [0.15, 0.2) is 0 Å². The monoisotopic (exact) mass is 252 g/mol. The predicted molar refractivity (Wildman–Crippen MR) is 73.4 cm³/mol. The summed E-state index contributed by atoms with van der Waals surface area (Å²) in [6.07, 6.45) is 0.872. The maximum Gasteiger partial charge on any atom is 0.0701 e. The van der Waals surface area contributed by atoms with Crippen LogP contribution in [-0.4, -0.2) is 33.0 Å². The van der Waals surface area contributed by atoms with Crippen molar-refractivity contribution in [1.29, 1.82) is 0 Å². The fourth-order valence-electron chi connectivity index (χ4n) is 1.82. The minimum Gasteiger partial charge on any atom is -0.382 e. The molecule has 18 heavy (non-hydrogen) atoms. The third-order valence-corrected chi connectivity index (χ3v) is 2.96. The van der Waals surface area contributed by atoms with Gasteiger partial charge in [0.1, 0.15) is 0 Å². The Bertz CT molecular complexity index is 356. The number of hydrogen-bond acceptors (Lipinski definition) is 4. The molecule has 0 radical (unpaired) electrons. The van der Waals surface area contributed by atoms with Gasteiger partial charge in [0, 0.05) is 13.2 Å². The molecule has 0 fully saturated rings. The number of nitrogens with one attached hydrogen (secondary N) is 1. The Kier molecular flexibility index (Phi) is 6.90. The highest BCUT2D eigenvalue weighted by atomic mass is 16.5. The third kappa shape index (κ3) is 5.14. The summed E-state index contributed by atoms with van der Waals surface area (Å²) in [4.78, 5) is 0. The minimum atomic E-state index is 0.127. The molecule has 1 aromatic rings. The molecule has 0 aliphatic carbocycles. The molecule has 0 amide bonds. The molecular weight excluding hydrogens is 228 g/mol. The molecule has 4 nitrogen and oxygen atoms in total. The van der Waals surface area contributed by atoms with Crippen LogP contribution in [0, 0.1) is 13.8 Å². The minimum absolute atomic E-state index is 0.127. The van der Waals surface area contributed by atoms with Crippen molar-refractivity contribution in [1.82, 2.24) is 5.43 Å². The predicted octanol–water partition coefficient (Wildman–Crippen LogP) is 1.34. The van der Waals surface area contributed by atoms with Gasteiger partial charge < -0.3 is 9.47 Å². The standard InChI is InChI=1S/C14H24N2O2/c1-11-4-5-12(2)13(8-11)9-14(16-15)10-18-7-6-17-3/h4-5,8,14,16H,6-7,9-10,15H2,1-3H3. The number of methoxy groups -OCH3 is 1. The molecule has 0 saturated carbocycles. The Balaban J connectivity index is 2.48. The van der Waals surface area contributed by atoms with E-state index in [9.17, 15) is 0 Å². The smallest absolute Gasteiger partial charge is 0.0701 e. The lowest BCUT2D eigenvalue weighted by Gasteiger charge is -2.17. The van der Waals surface area contributed by atoms with Crippen LogP contribution in [0.2, 0.25) is 0 Å². The fraction of sp³-hybridized carbons (Fsp3) is 0.571. The van der Waals surface area contributed by atoms with Crippen LogP contribution in [0.5, 0.6) is 0 Å². The summed E-state index contributed by atoms with van der Waals surface area (Å²) in [5.74, 6) is 5.56. The van der Waals surface area contributed by atoms with E-state index in [2.05, 4.69) is 37.5 Å². The van der Waals surface area contributed by atoms with Crippen LogP contribution < -0.4 is 11.3 Å². The van der Waals surface area contributed by atoms with Crippen LogP contribution in [0.15, 0.2) is 18.2 Å². The molecule has 0 heterocycles. The van der Waals surface area contributed by atoms with E-state index in [1.807, 2.05) is 0 Å². The topological polar surface area (TPSA) is 56.5 Å². The average molecular weight is 252 g/mol. The number of rotatable bonds is 8. The van der Waals surface area contributed by atoms with Crippen LogP contribution >= 0.6 is 0 Å². The number of nitrogens with two attached hydrogens (primary N) is 1. The van der Waals surface area contributed by atoms with Gasteiger partial charge in [0.2, 0.25) is 0 Å². The van der Waals surface area contributed by atoms with E-state index in [4.69, 9.17) is 15.3 Å². The van der Waals surface area contributed by atoms with Gasteiger partial charge in [0.05, 0.1) is 19.8 Å². The lowest BCUT2D eigenvalue weighted by molar-refractivity contribution is 0.0587. The molecule has 0 aliphatic heterocycles. The Morgan fingerprint density at radius 1 is 1.28 bits per heavy atom. The zero-order valence-corrected chi connectivity index (χ0v) is 11.5. The summed E-state index contributed by atoms with van der Waals surface area (Å²) in [5, 5.41) is 0. The molecular formula is C14H24N2O2. The number of hydrazine groups is 1. The molecule has 0 aromatic heterocycles. The van der Waals surface area contributed by atoms with Crippen molar-refractivity contribution < 1.29 is 9.47 Å². The van der Waals surface area contributed by atoms with Crippen LogP contribution in [-0.2, 0) is 15.9 Å². The average Bonchev–Trinajstić information content (AvgIpc) is 2.37. The molecule has 1 rings (SSSR count). The van der Waals surface area contributed by atoms with E-state index < -0.39 is 0 Å². The first-order valence-corrected chi connectivity index (χ1v) is 6.26. The summed E-state index contributed by atoms with van der Waals surface area (Å²) in [5.41, 5.74) is 6.68. The van der Waals surface area contributed by atoms with E-state index >= 15 is 0 Å². The SMILES string of the molecule is COCCOCC(Cc1cc(C)ccc1C)NN. The van der Waals surface area contributed by atoms with Gasteiger partial charge in [-0.05, 0) is 31.4 Å². The van der Waals surface area contributed by atoms with Crippen molar-refractivity contribution in [2.45, 2.75) is 26.3 Å². The zero-order chi connectivity index (χ0) is 13.4. The zero-order valence-electron chi connectivity index (χ0n) is 11.5. The second kappa shape index (κ2) is 8.21. The molecule has 0 saturated heterocycles. The molecule has 1 aromatic carbocycles. The lowest BCUT2D eigenvalue weighted by atomic mass is 9.99. The number of aryl methyl sites for hydroxylation is 2. The van der Waals surface area contributed by atoms with Crippen molar-refractivity contribution in [3.63, 3.8) is 0 Å². The molecule has 1 atom stereocenters. The van der Waals surface area contributed by atoms with Gasteiger partial charge in [-0.2, -0.15) is 0 Å². The third-order valence-electron chi connectivity index (χ3n) is 2.96. The number of hydrogen-bond donors (Lipinski definition) is 2. The molecule has 0 bridgehead atoms. The second-order valence-electron chi connectivity index (χ2n) is 4.57. The van der Waals surface area contributed by atoms with Crippen molar-refractivity contribution in [3.05, 3.63) is 34.9 Å². The molecule has 0 aliphatic rings. The van der Waals surface area contributed by atoms with E-state index in [0.29, 0.717) is 19.8 Å². The maximum atomic E-state index is 5.56. The van der Waals surface area contributed by atoms with Gasteiger partial charge in [-0.3, -0.25) is 11.3 Å². The van der Waals surface area contributed by atoms with Crippen molar-refractivity contribution in [2.24, 2.45) is 5.84 Å². The number of benzene rings is 1. The summed E-state index contributed by atoms with van der Waals surface area (Å²) in [7, 11) is 1.66. The molecule has 3 N–H and O–H groups in total. The molecule has 0 spiro atoms. The van der Waals surface area contributed by atoms with Gasteiger partial charge in [-0.15, -0.1) is 0 Å². The first kappa shape index (κ1) is 15.1. The Labute approximate surface area is 109 Å². The van der Waals surface area contributed by atoms with Gasteiger partial charge >= 0.3 is 0 Å². The maximum absolute atomic E-state index is 5.56. The van der Waals surface area contributed by atoms with Crippen LogP contribution in [0.25, 0.3) is 0 Å². The Hall–Kier alpha value is -0.940. The van der Waals surface area contributed by atoms with E-state index in [-0.39, 0.29) is 6.04 Å². The van der Waals surface area contributed by atoms with Gasteiger partial charge in [0.25, 0.3) is 0 Å². The van der Waals surface area contributed by atoms with E-state index in [1.165, 1.54) is 16.7 Å². The van der Waals surface area contributed by atoms with Crippen LogP contribution in [0.4, 0.5) is 0 Å². The van der Waals surface area contributed by atoms with E-state index in [0.717, 1.165) is 6.42 Å². The van der Waals surface area contributed by atoms with E-state index in [1.54, 1.807) is 7.11 Å². The Morgan fingerprint density at radius 2 is 2.06 bits per heavy atom. The lowest BCUT2D eigenvalue weighted by Crippen LogP contribution is -2.40. The van der Waals surface area contributed by atoms with Crippen molar-refractivity contribution in [3.8, 4) is 0 Å². The summed E-state index contributed by atoms with van der Waals surface area (Å²) < 4.78 is 10.4. The molecule has 1 unspecified atom stereocenters. The largest absolute Gasteiger partial charge is 0.382 e. The van der Waals surface area contributed by atoms with Crippen molar-refractivity contribution >= 4 is 0 Å². The first-order valence-electron chi connectivity index (χ1n) is 6.26. The van der Waals surface area contributed by atoms with Crippen LogP contribution in [0.1, 0.15) is 16.7 Å². The summed E-state index contributed by atoms with van der Waals surface area (Å²) in [6.45, 7) is 6.02. The van der Waals surface area contributed by atoms with Crippen LogP contribution in [0.3, 0.4) is 0 Å². The normalized spacial score (nSPS) is 12.7. The summed E-state index contributed by atoms with van der Waals surface area (Å²) in [6, 6.07) is 6.60. The molecule has 4 heteroatoms.